The largest absolute Gasteiger partial charge is 0.392 e. The summed E-state index contributed by atoms with van der Waals surface area (Å²) in [7, 11) is 0. The van der Waals surface area contributed by atoms with Crippen molar-refractivity contribution < 1.29 is 9.90 Å². The first-order valence-electron chi connectivity index (χ1n) is 6.74. The van der Waals surface area contributed by atoms with Crippen LogP contribution >= 0.6 is 0 Å². The van der Waals surface area contributed by atoms with Crippen molar-refractivity contribution in [2.24, 2.45) is 0 Å². The number of aromatic nitrogens is 2. The van der Waals surface area contributed by atoms with Crippen LogP contribution in [0.4, 0.5) is 0 Å². The van der Waals surface area contributed by atoms with E-state index in [9.17, 15) is 9.90 Å². The third-order valence-electron chi connectivity index (χ3n) is 3.54. The van der Waals surface area contributed by atoms with Crippen molar-refractivity contribution in [2.45, 2.75) is 26.0 Å². The predicted octanol–water partition coefficient (Wildman–Crippen LogP) is -0.0309. The van der Waals surface area contributed by atoms with Gasteiger partial charge in [-0.2, -0.15) is 0 Å². The van der Waals surface area contributed by atoms with Crippen LogP contribution in [-0.4, -0.2) is 69.2 Å². The first-order valence-corrected chi connectivity index (χ1v) is 6.74. The molecule has 0 saturated carbocycles. The number of amides is 1. The van der Waals surface area contributed by atoms with Gasteiger partial charge in [-0.25, -0.2) is 4.98 Å². The molecule has 0 aromatic carbocycles. The lowest BCUT2D eigenvalue weighted by Gasteiger charge is -2.36. The Bertz CT molecular complexity index is 397. The number of nitrogens with zero attached hydrogens (tertiary/aromatic N) is 4. The molecule has 2 heterocycles. The van der Waals surface area contributed by atoms with Gasteiger partial charge in [0.1, 0.15) is 6.04 Å². The van der Waals surface area contributed by atoms with Gasteiger partial charge >= 0.3 is 0 Å². The molecule has 6 heteroatoms. The van der Waals surface area contributed by atoms with Crippen LogP contribution in [0.3, 0.4) is 0 Å². The third-order valence-corrected chi connectivity index (χ3v) is 3.54. The lowest BCUT2D eigenvalue weighted by molar-refractivity contribution is -0.136. The number of carbonyl (C=O) groups excluding carboxylic acids is 1. The molecule has 1 fully saturated rings. The van der Waals surface area contributed by atoms with E-state index in [2.05, 4.69) is 9.88 Å². The molecular formula is C13H22N4O2. The molecule has 0 aliphatic carbocycles. The Balaban J connectivity index is 1.85. The molecule has 0 radical (unpaired) electrons. The van der Waals surface area contributed by atoms with Crippen molar-refractivity contribution in [1.82, 2.24) is 19.4 Å². The van der Waals surface area contributed by atoms with Gasteiger partial charge in [-0.05, 0) is 13.8 Å². The smallest absolute Gasteiger partial charge is 0.245 e. The second-order valence-electron chi connectivity index (χ2n) is 5.16. The molecule has 1 amide bonds. The van der Waals surface area contributed by atoms with Crippen LogP contribution in [0.1, 0.15) is 19.9 Å². The lowest BCUT2D eigenvalue weighted by atomic mass is 10.2. The second-order valence-corrected chi connectivity index (χ2v) is 5.16. The predicted molar refractivity (Wildman–Crippen MR) is 71.6 cm³/mol. The Kier molecular flexibility index (Phi) is 4.55. The third kappa shape index (κ3) is 3.54. The highest BCUT2D eigenvalue weighted by Gasteiger charge is 2.25. The number of β-amino-alcohol motifs (C(OH)–C–C–N with tert-alkyl or cyclic N) is 1. The van der Waals surface area contributed by atoms with Crippen LogP contribution in [-0.2, 0) is 4.79 Å². The van der Waals surface area contributed by atoms with Crippen molar-refractivity contribution >= 4 is 5.91 Å². The Morgan fingerprint density at radius 3 is 2.53 bits per heavy atom. The van der Waals surface area contributed by atoms with Gasteiger partial charge in [0.15, 0.2) is 0 Å². The molecule has 1 aliphatic rings. The number of hydrogen-bond acceptors (Lipinski definition) is 4. The molecule has 106 valence electrons. The quantitative estimate of drug-likeness (QED) is 0.831. The average molecular weight is 266 g/mol. The number of carbonyl (C=O) groups is 1. The molecule has 1 aromatic rings. The van der Waals surface area contributed by atoms with Gasteiger partial charge in [-0.3, -0.25) is 9.69 Å². The SMILES string of the molecule is C[C@H](O)CN1CCN(C(=O)[C@H](C)n2ccnc2)CC1. The lowest BCUT2D eigenvalue weighted by Crippen LogP contribution is -2.51. The van der Waals surface area contributed by atoms with Crippen LogP contribution in [0.15, 0.2) is 18.7 Å². The minimum Gasteiger partial charge on any atom is -0.392 e. The van der Waals surface area contributed by atoms with E-state index in [1.807, 2.05) is 22.6 Å². The first kappa shape index (κ1) is 14.0. The van der Waals surface area contributed by atoms with E-state index in [-0.39, 0.29) is 18.1 Å². The van der Waals surface area contributed by atoms with E-state index in [0.29, 0.717) is 6.54 Å². The summed E-state index contributed by atoms with van der Waals surface area (Å²) in [4.78, 5) is 20.4. The summed E-state index contributed by atoms with van der Waals surface area (Å²) in [6, 6.07) is -0.203. The number of aliphatic hydroxyl groups excluding tert-OH is 1. The Morgan fingerprint density at radius 2 is 2.00 bits per heavy atom. The topological polar surface area (TPSA) is 61.6 Å². The van der Waals surface area contributed by atoms with E-state index in [1.54, 1.807) is 19.4 Å². The molecule has 1 aliphatic heterocycles. The maximum atomic E-state index is 12.3. The molecule has 6 nitrogen and oxygen atoms in total. The number of aliphatic hydroxyl groups is 1. The van der Waals surface area contributed by atoms with Crippen LogP contribution in [0.25, 0.3) is 0 Å². The fraction of sp³-hybridized carbons (Fsp3) is 0.692. The summed E-state index contributed by atoms with van der Waals surface area (Å²) in [5, 5.41) is 9.36. The molecule has 19 heavy (non-hydrogen) atoms. The Labute approximate surface area is 113 Å². The Hall–Kier alpha value is -1.40. The summed E-state index contributed by atoms with van der Waals surface area (Å²) in [6.45, 7) is 7.47. The van der Waals surface area contributed by atoms with Crippen molar-refractivity contribution in [2.75, 3.05) is 32.7 Å². The summed E-state index contributed by atoms with van der Waals surface area (Å²) < 4.78 is 1.82. The molecule has 0 bridgehead atoms. The minimum absolute atomic E-state index is 0.134. The molecule has 1 N–H and O–H groups in total. The zero-order valence-corrected chi connectivity index (χ0v) is 11.6. The second kappa shape index (κ2) is 6.16. The fourth-order valence-electron chi connectivity index (χ4n) is 2.41. The molecule has 0 spiro atoms. The van der Waals surface area contributed by atoms with E-state index in [4.69, 9.17) is 0 Å². The maximum absolute atomic E-state index is 12.3. The minimum atomic E-state index is -0.313. The van der Waals surface area contributed by atoms with Crippen molar-refractivity contribution in [3.63, 3.8) is 0 Å². The zero-order valence-electron chi connectivity index (χ0n) is 11.6. The summed E-state index contributed by atoms with van der Waals surface area (Å²) in [5.74, 6) is 0.134. The van der Waals surface area contributed by atoms with Gasteiger partial charge in [0.25, 0.3) is 0 Å². The normalized spacial score (nSPS) is 20.3. The fourth-order valence-corrected chi connectivity index (χ4v) is 2.41. The monoisotopic (exact) mass is 266 g/mol. The molecule has 2 rings (SSSR count). The van der Waals surface area contributed by atoms with Crippen molar-refractivity contribution in [1.29, 1.82) is 0 Å². The van der Waals surface area contributed by atoms with Gasteiger partial charge in [0.2, 0.25) is 5.91 Å². The number of rotatable bonds is 4. The zero-order chi connectivity index (χ0) is 13.8. The van der Waals surface area contributed by atoms with E-state index < -0.39 is 0 Å². The van der Waals surface area contributed by atoms with E-state index in [1.165, 1.54) is 0 Å². The molecular weight excluding hydrogens is 244 g/mol. The molecule has 1 aromatic heterocycles. The van der Waals surface area contributed by atoms with Gasteiger partial charge in [-0.1, -0.05) is 0 Å². The van der Waals surface area contributed by atoms with E-state index in [0.717, 1.165) is 26.2 Å². The van der Waals surface area contributed by atoms with Crippen LogP contribution in [0.5, 0.6) is 0 Å². The number of piperazine rings is 1. The Morgan fingerprint density at radius 1 is 1.32 bits per heavy atom. The van der Waals surface area contributed by atoms with Gasteiger partial charge in [-0.15, -0.1) is 0 Å². The summed E-state index contributed by atoms with van der Waals surface area (Å²) in [6.07, 6.45) is 4.86. The van der Waals surface area contributed by atoms with Crippen LogP contribution in [0, 0.1) is 0 Å². The van der Waals surface area contributed by atoms with Crippen molar-refractivity contribution in [3.05, 3.63) is 18.7 Å². The number of imidazole rings is 1. The standard InChI is InChI=1S/C13H22N4O2/c1-11(18)9-15-5-7-16(8-6-15)13(19)12(2)17-4-3-14-10-17/h3-4,10-12,18H,5-9H2,1-2H3/t11-,12-/m0/s1. The van der Waals surface area contributed by atoms with Crippen LogP contribution < -0.4 is 0 Å². The highest BCUT2D eigenvalue weighted by atomic mass is 16.3. The highest BCUT2D eigenvalue weighted by molar-refractivity contribution is 5.80. The summed E-state index contributed by atoms with van der Waals surface area (Å²) in [5.41, 5.74) is 0. The molecule has 2 atom stereocenters. The van der Waals surface area contributed by atoms with Crippen molar-refractivity contribution in [3.8, 4) is 0 Å². The van der Waals surface area contributed by atoms with E-state index >= 15 is 0 Å². The first-order chi connectivity index (χ1) is 9.08. The highest BCUT2D eigenvalue weighted by Crippen LogP contribution is 2.12. The summed E-state index contributed by atoms with van der Waals surface area (Å²) >= 11 is 0. The van der Waals surface area contributed by atoms with Gasteiger partial charge < -0.3 is 14.6 Å². The van der Waals surface area contributed by atoms with Crippen LogP contribution in [0.2, 0.25) is 0 Å². The maximum Gasteiger partial charge on any atom is 0.245 e. The average Bonchev–Trinajstić information content (AvgIpc) is 2.91. The van der Waals surface area contributed by atoms with Gasteiger partial charge in [0, 0.05) is 45.1 Å². The molecule has 1 saturated heterocycles. The molecule has 0 unspecified atom stereocenters. The number of hydrogen-bond donors (Lipinski definition) is 1. The van der Waals surface area contributed by atoms with Gasteiger partial charge in [0.05, 0.1) is 12.4 Å².